The monoisotopic (exact) mass is 2370 g/mol. The Labute approximate surface area is 811 Å². The molecule has 33 nitrogen and oxygen atoms in total. The maximum absolute atomic E-state index is 13.9. The second-order valence-electron chi connectivity index (χ2n) is 21.9. The van der Waals surface area contributed by atoms with Crippen molar-refractivity contribution in [2.45, 2.75) is 41.1 Å². The van der Waals surface area contributed by atoms with E-state index in [2.05, 4.69) is 218 Å². The third kappa shape index (κ3) is 60.0. The number of amides is 2. The molecule has 0 spiro atoms. The van der Waals surface area contributed by atoms with Crippen LogP contribution in [0, 0.1) is 6.07 Å². The van der Waals surface area contributed by atoms with Crippen molar-refractivity contribution in [2.75, 3.05) is 132 Å². The normalized spacial score (nSPS) is 11.2. The van der Waals surface area contributed by atoms with Crippen LogP contribution in [0.15, 0.2) is 251 Å². The fraction of sp³-hybridized carbons (Fsp3) is 0.351. The van der Waals surface area contributed by atoms with E-state index in [4.69, 9.17) is 78.1 Å². The molecular formula is C77H112Br6N3O30P8Y-. The Kier molecular flexibility index (Phi) is 86.9. The summed E-state index contributed by atoms with van der Waals surface area (Å²) >= 11 is 17.3. The number of rotatable bonds is 68. The van der Waals surface area contributed by atoms with Crippen molar-refractivity contribution in [3.8, 4) is 0 Å². The quantitative estimate of drug-likeness (QED) is 0.0105. The maximum Gasteiger partial charge on any atom is 0.365 e. The molecule has 2 aromatic carbocycles. The Bertz CT molecular complexity index is 3730. The Morgan fingerprint density at radius 2 is 0.536 bits per heavy atom. The Balaban J connectivity index is -0.000000358. The summed E-state index contributed by atoms with van der Waals surface area (Å²) in [5.41, 5.74) is 4.46. The van der Waals surface area contributed by atoms with Crippen molar-refractivity contribution < 1.29 is 170 Å². The first-order chi connectivity index (χ1) is 58.9. The van der Waals surface area contributed by atoms with Gasteiger partial charge in [-0.05, 0) is 62.4 Å². The SMILES string of the molecule is C=CCOP(=O)(OCC=C)C(Cc1cc[c-]cc1)P(=O)(OCC=C)OCC=C.C=CCOP(=O)(OCC=C)C(Cc1ccc(NC(=O)CBr)cc1)P(=O)(OCC=C)OCC=C.C=CCOP(=O)(OCC=C)C(N)P(=O)(OCC=C)OCC=C.C=CCOP(=O)(OCC=C)C(NC(=O)CBr)P(=O)(OCC=C)OCC=C.O=C(Br)CBr.O=C(Br)CBr.O=CCC=O.[Y]. The molecule has 1 radical (unpaired) electrons. The summed E-state index contributed by atoms with van der Waals surface area (Å²) in [4.78, 5) is 61.2. The number of hydrogen-bond donors (Lipinski definition) is 3. The number of benzene rings is 2. The largest absolute Gasteiger partial charge is 0.365 e. The van der Waals surface area contributed by atoms with Gasteiger partial charge in [-0.25, -0.2) is 0 Å². The van der Waals surface area contributed by atoms with E-state index in [0.717, 1.165) is 5.56 Å². The van der Waals surface area contributed by atoms with E-state index in [-0.39, 0.29) is 184 Å². The van der Waals surface area contributed by atoms with Gasteiger partial charge < -0.3 is 98.3 Å². The van der Waals surface area contributed by atoms with Crippen LogP contribution < -0.4 is 16.4 Å². The zero-order chi connectivity index (χ0) is 95.4. The fourth-order valence-corrected chi connectivity index (χ4v) is 27.0. The van der Waals surface area contributed by atoms with Gasteiger partial charge in [0.05, 0.1) is 133 Å². The van der Waals surface area contributed by atoms with E-state index in [0.29, 0.717) is 34.5 Å². The van der Waals surface area contributed by atoms with E-state index < -0.39 is 88.5 Å². The minimum Gasteiger partial charge on any atom is -0.331 e. The molecule has 0 aliphatic rings. The van der Waals surface area contributed by atoms with Crippen molar-refractivity contribution in [2.24, 2.45) is 5.73 Å². The van der Waals surface area contributed by atoms with Gasteiger partial charge in [-0.3, -0.25) is 55.7 Å². The van der Waals surface area contributed by atoms with Crippen LogP contribution >= 0.6 is 156 Å². The summed E-state index contributed by atoms with van der Waals surface area (Å²) in [7, 11) is -32.5. The zero-order valence-electron chi connectivity index (χ0n) is 69.1. The van der Waals surface area contributed by atoms with Crippen LogP contribution in [0.3, 0.4) is 0 Å². The molecule has 0 heterocycles. The minimum absolute atomic E-state index is 0. The number of aldehydes is 2. The molecule has 2 aromatic rings. The van der Waals surface area contributed by atoms with Crippen LogP contribution in [0.4, 0.5) is 5.69 Å². The predicted octanol–water partition coefficient (Wildman–Crippen LogP) is 21.4. The van der Waals surface area contributed by atoms with Gasteiger partial charge >= 0.3 is 60.8 Å². The van der Waals surface area contributed by atoms with Gasteiger partial charge in [0.25, 0.3) is 0 Å². The summed E-state index contributed by atoms with van der Waals surface area (Å²) < 4.78 is 193. The van der Waals surface area contributed by atoms with Crippen LogP contribution in [-0.2, 0) is 183 Å². The number of hydrogen-bond acceptors (Lipinski definition) is 31. The van der Waals surface area contributed by atoms with Crippen LogP contribution in [0.5, 0.6) is 0 Å². The summed E-state index contributed by atoms with van der Waals surface area (Å²) in [6.45, 7) is 54.4. The van der Waals surface area contributed by atoms with Gasteiger partial charge in [0.1, 0.15) is 12.6 Å². The van der Waals surface area contributed by atoms with E-state index in [1.54, 1.807) is 48.5 Å². The molecule has 0 saturated carbocycles. The minimum atomic E-state index is -4.21. The standard InChI is InChI=1S/C22H30BrNO7P2.C20H27O6P2.C15H24BrNO7P2.C13H23NO6P2.C3H4O2.2C2H2Br2O.Y/c1-5-13-28-32(26,29-14-6-2)22(33(27,30-15-7-3)31-16-8-4)17-19-9-11-20(12-10-19)24-21(25)18-23;1-5-14-23-27(21,24-15-6-2)20(18-19-12-10-9-11-13-19)28(22,25-16-7-3)26-17-8-4;1-5-9-21-25(19,22-10-6-2)15(17-14(18)13-16)26(20,23-11-7-3)24-12-8-4;1-5-9-17-21(15,18-10-6-2)13(14)22(16,19-11-7-3)20-12-8-4;4-2-1-3-5;2*3-1-2(4)5;/h5-12,22H,1-4,13-18H2,(H,24,25);5-8,10-13,20H,1-4,14-18H2;5-8,15H,1-4,9-13H2,(H,17,18);5-8,13H,1-4,9-12,14H2;2-3H,1H2;2*1H2;/q;-1;;;;;;. The number of carbonyl (C=O) groups excluding carboxylic acids is 6. The maximum atomic E-state index is 13.9. The second-order valence-corrected chi connectivity index (χ2v) is 44.9. The Morgan fingerprint density at radius 1 is 0.336 bits per heavy atom. The van der Waals surface area contributed by atoms with Crippen molar-refractivity contribution in [3.63, 3.8) is 0 Å². The molecule has 701 valence electrons. The van der Waals surface area contributed by atoms with Gasteiger partial charge in [-0.2, -0.15) is 35.9 Å². The molecule has 0 atom stereocenters. The van der Waals surface area contributed by atoms with Crippen LogP contribution in [0.1, 0.15) is 17.5 Å². The predicted molar refractivity (Wildman–Crippen MR) is 514 cm³/mol. The van der Waals surface area contributed by atoms with Crippen LogP contribution in [0.2, 0.25) is 0 Å². The van der Waals surface area contributed by atoms with E-state index in [1.807, 2.05) is 0 Å². The van der Waals surface area contributed by atoms with Crippen LogP contribution in [0.25, 0.3) is 0 Å². The van der Waals surface area contributed by atoms with Crippen molar-refractivity contribution >= 4 is 196 Å². The molecule has 0 aliphatic heterocycles. The molecule has 48 heteroatoms. The van der Waals surface area contributed by atoms with E-state index in [1.165, 1.54) is 97.2 Å². The van der Waals surface area contributed by atoms with E-state index in [9.17, 15) is 65.3 Å². The van der Waals surface area contributed by atoms with Gasteiger partial charge in [-0.15, -0.1) is 105 Å². The summed E-state index contributed by atoms with van der Waals surface area (Å²) in [5, 5.41) is 3.34. The molecule has 0 unspecified atom stereocenters. The first kappa shape index (κ1) is 133. The van der Waals surface area contributed by atoms with Gasteiger partial charge in [0, 0.05) is 38.4 Å². The molecule has 2 rings (SSSR count). The summed E-state index contributed by atoms with van der Waals surface area (Å²) in [6.07, 6.45) is 23.3. The van der Waals surface area contributed by atoms with Crippen molar-refractivity contribution in [3.05, 3.63) is 268 Å². The molecule has 2 amide bonds. The third-order valence-corrected chi connectivity index (χ3v) is 37.9. The number of nitrogens with one attached hydrogen (secondary N) is 2. The molecule has 0 saturated heterocycles. The number of nitrogens with two attached hydrogens (primary N) is 1. The Hall–Kier alpha value is -2.96. The smallest absolute Gasteiger partial charge is 0.331 e. The third-order valence-electron chi connectivity index (χ3n) is 12.5. The molecule has 0 fully saturated rings. The summed E-state index contributed by atoms with van der Waals surface area (Å²) in [5.74, 6) is -0.829. The molecule has 0 bridgehead atoms. The summed E-state index contributed by atoms with van der Waals surface area (Å²) in [6, 6.07) is 16.6. The zero-order valence-corrected chi connectivity index (χ0v) is 88.7. The van der Waals surface area contributed by atoms with Crippen LogP contribution in [-0.4, -0.2) is 183 Å². The molecular weight excluding hydrogens is 2260 g/mol. The average molecular weight is 2380 g/mol. The second kappa shape index (κ2) is 81.8. The topological polar surface area (TPSA) is 437 Å². The average Bonchev–Trinajstić information content (AvgIpc) is 0.789. The first-order valence-electron chi connectivity index (χ1n) is 35.6. The number of halogens is 6. The first-order valence-corrected chi connectivity index (χ1v) is 54.6. The number of carbonyl (C=O) groups is 6. The number of alkyl halides is 4. The van der Waals surface area contributed by atoms with Gasteiger partial charge in [-0.1, -0.05) is 173 Å². The molecule has 0 aromatic heterocycles. The van der Waals surface area contributed by atoms with Crippen molar-refractivity contribution in [1.82, 2.24) is 5.32 Å². The Morgan fingerprint density at radius 3 is 0.720 bits per heavy atom. The molecule has 125 heavy (non-hydrogen) atoms. The van der Waals surface area contributed by atoms with E-state index >= 15 is 0 Å². The van der Waals surface area contributed by atoms with Gasteiger partial charge in [0.15, 0.2) is 10.8 Å². The fourth-order valence-electron chi connectivity index (χ4n) is 7.50. The molecule has 0 aliphatic carbocycles. The van der Waals surface area contributed by atoms with Gasteiger partial charge in [0.2, 0.25) is 32.2 Å². The number of anilines is 1. The molecule has 4 N–H and O–H groups in total. The van der Waals surface area contributed by atoms with Crippen molar-refractivity contribution in [1.29, 1.82) is 0 Å².